The van der Waals surface area contributed by atoms with Crippen molar-refractivity contribution >= 4 is 15.9 Å². The largest absolute Gasteiger partial charge is 0.493 e. The van der Waals surface area contributed by atoms with Crippen molar-refractivity contribution in [2.75, 3.05) is 20.3 Å². The van der Waals surface area contributed by atoms with Gasteiger partial charge in [0.25, 0.3) is 0 Å². The fourth-order valence-electron chi connectivity index (χ4n) is 2.55. The van der Waals surface area contributed by atoms with Crippen LogP contribution in [0.2, 0.25) is 0 Å². The van der Waals surface area contributed by atoms with Crippen molar-refractivity contribution in [1.82, 2.24) is 0 Å². The van der Waals surface area contributed by atoms with Gasteiger partial charge in [-0.05, 0) is 61.8 Å². The van der Waals surface area contributed by atoms with Gasteiger partial charge in [-0.25, -0.2) is 0 Å². The van der Waals surface area contributed by atoms with Crippen LogP contribution in [-0.2, 0) is 4.74 Å². The first-order valence-corrected chi connectivity index (χ1v) is 7.44. The lowest BCUT2D eigenvalue weighted by molar-refractivity contribution is 0.106. The molecule has 0 unspecified atom stereocenters. The van der Waals surface area contributed by atoms with Crippen LogP contribution in [-0.4, -0.2) is 20.3 Å². The Morgan fingerprint density at radius 2 is 1.56 bits per heavy atom. The topological polar surface area (TPSA) is 18.5 Å². The van der Waals surface area contributed by atoms with Gasteiger partial charge in [0.2, 0.25) is 0 Å². The molecule has 100 valence electrons. The molecular weight excluding hydrogens is 292 g/mol. The normalized spacial score (nSPS) is 23.9. The summed E-state index contributed by atoms with van der Waals surface area (Å²) in [6, 6.07) is 8.07. The van der Waals surface area contributed by atoms with E-state index in [1.807, 2.05) is 24.3 Å². The Hall–Kier alpha value is -0.540. The predicted molar refractivity (Wildman–Crippen MR) is 77.0 cm³/mol. The number of methoxy groups -OCH3 is 1. The Bertz CT molecular complexity index is 342. The molecule has 0 aromatic heterocycles. The molecule has 0 amide bonds. The van der Waals surface area contributed by atoms with Crippen LogP contribution in [0.25, 0.3) is 0 Å². The Kier molecular flexibility index (Phi) is 5.51. The molecule has 0 heterocycles. The van der Waals surface area contributed by atoms with Crippen molar-refractivity contribution in [3.05, 3.63) is 28.7 Å². The van der Waals surface area contributed by atoms with Crippen molar-refractivity contribution in [2.24, 2.45) is 11.8 Å². The van der Waals surface area contributed by atoms with Gasteiger partial charge in [0, 0.05) is 18.2 Å². The zero-order valence-electron chi connectivity index (χ0n) is 10.9. The van der Waals surface area contributed by atoms with E-state index in [0.717, 1.165) is 29.4 Å². The average molecular weight is 313 g/mol. The first kappa shape index (κ1) is 13.9. The van der Waals surface area contributed by atoms with E-state index in [2.05, 4.69) is 15.9 Å². The summed E-state index contributed by atoms with van der Waals surface area (Å²) in [7, 11) is 1.79. The van der Waals surface area contributed by atoms with Crippen LogP contribution < -0.4 is 4.74 Å². The molecule has 2 nitrogen and oxygen atoms in total. The quantitative estimate of drug-likeness (QED) is 0.808. The van der Waals surface area contributed by atoms with Gasteiger partial charge in [0.1, 0.15) is 5.75 Å². The monoisotopic (exact) mass is 312 g/mol. The second-order valence-corrected chi connectivity index (χ2v) is 6.02. The molecule has 1 saturated carbocycles. The third-order valence-electron chi connectivity index (χ3n) is 3.67. The van der Waals surface area contributed by atoms with E-state index < -0.39 is 0 Å². The van der Waals surface area contributed by atoms with Gasteiger partial charge in [-0.2, -0.15) is 0 Å². The highest BCUT2D eigenvalue weighted by Crippen LogP contribution is 2.29. The van der Waals surface area contributed by atoms with E-state index in [1.165, 1.54) is 25.7 Å². The van der Waals surface area contributed by atoms with E-state index in [4.69, 9.17) is 9.47 Å². The number of halogens is 1. The van der Waals surface area contributed by atoms with Crippen LogP contribution in [0.3, 0.4) is 0 Å². The zero-order chi connectivity index (χ0) is 12.8. The first-order valence-electron chi connectivity index (χ1n) is 6.65. The van der Waals surface area contributed by atoms with Crippen LogP contribution in [0, 0.1) is 11.8 Å². The highest BCUT2D eigenvalue weighted by molar-refractivity contribution is 9.10. The number of benzene rings is 1. The van der Waals surface area contributed by atoms with Gasteiger partial charge in [0.05, 0.1) is 6.61 Å². The van der Waals surface area contributed by atoms with Crippen LogP contribution in [0.1, 0.15) is 25.7 Å². The second kappa shape index (κ2) is 7.15. The molecule has 0 atom stereocenters. The summed E-state index contributed by atoms with van der Waals surface area (Å²) in [5.41, 5.74) is 0. The number of rotatable bonds is 5. The summed E-state index contributed by atoms with van der Waals surface area (Å²) in [6.45, 7) is 1.77. The molecule has 0 spiro atoms. The summed E-state index contributed by atoms with van der Waals surface area (Å²) >= 11 is 3.43. The Balaban J connectivity index is 1.70. The molecule has 18 heavy (non-hydrogen) atoms. The fraction of sp³-hybridized carbons (Fsp3) is 0.600. The molecule has 1 aliphatic rings. The Labute approximate surface area is 118 Å². The molecule has 1 aromatic rings. The maximum atomic E-state index is 5.84. The molecule has 0 radical (unpaired) electrons. The summed E-state index contributed by atoms with van der Waals surface area (Å²) in [6.07, 6.45) is 5.10. The van der Waals surface area contributed by atoms with E-state index in [-0.39, 0.29) is 0 Å². The molecule has 1 aromatic carbocycles. The number of hydrogen-bond donors (Lipinski definition) is 0. The summed E-state index contributed by atoms with van der Waals surface area (Å²) in [5, 5.41) is 0. The lowest BCUT2D eigenvalue weighted by Gasteiger charge is -2.27. The van der Waals surface area contributed by atoms with E-state index >= 15 is 0 Å². The second-order valence-electron chi connectivity index (χ2n) is 5.11. The molecular formula is C15H21BrO2. The smallest absolute Gasteiger partial charge is 0.119 e. The number of ether oxygens (including phenoxy) is 2. The third-order valence-corrected chi connectivity index (χ3v) is 4.20. The molecule has 1 aliphatic carbocycles. The molecule has 0 N–H and O–H groups in total. The Morgan fingerprint density at radius 1 is 1.00 bits per heavy atom. The minimum atomic E-state index is 0.710. The summed E-state index contributed by atoms with van der Waals surface area (Å²) in [5.74, 6) is 2.44. The van der Waals surface area contributed by atoms with E-state index in [9.17, 15) is 0 Å². The van der Waals surface area contributed by atoms with Gasteiger partial charge >= 0.3 is 0 Å². The standard InChI is InChI=1S/C15H21BrO2/c1-17-10-12-2-4-13(5-3-12)11-18-15-8-6-14(16)7-9-15/h6-9,12-13H,2-5,10-11H2,1H3. The minimum Gasteiger partial charge on any atom is -0.493 e. The average Bonchev–Trinajstić information content (AvgIpc) is 2.40. The maximum Gasteiger partial charge on any atom is 0.119 e. The van der Waals surface area contributed by atoms with E-state index in [1.54, 1.807) is 7.11 Å². The highest BCUT2D eigenvalue weighted by Gasteiger charge is 2.21. The maximum absolute atomic E-state index is 5.84. The lowest BCUT2D eigenvalue weighted by Crippen LogP contribution is -2.22. The lowest BCUT2D eigenvalue weighted by atomic mass is 9.83. The van der Waals surface area contributed by atoms with Gasteiger partial charge in [-0.15, -0.1) is 0 Å². The van der Waals surface area contributed by atoms with Gasteiger partial charge in [-0.1, -0.05) is 15.9 Å². The van der Waals surface area contributed by atoms with Crippen LogP contribution in [0.15, 0.2) is 28.7 Å². The molecule has 0 bridgehead atoms. The van der Waals surface area contributed by atoms with Crippen molar-refractivity contribution in [1.29, 1.82) is 0 Å². The van der Waals surface area contributed by atoms with Gasteiger partial charge < -0.3 is 9.47 Å². The van der Waals surface area contributed by atoms with E-state index in [0.29, 0.717) is 5.92 Å². The van der Waals surface area contributed by atoms with Crippen molar-refractivity contribution < 1.29 is 9.47 Å². The predicted octanol–water partition coefficient (Wildman–Crippen LogP) is 4.28. The summed E-state index contributed by atoms with van der Waals surface area (Å²) in [4.78, 5) is 0. The minimum absolute atomic E-state index is 0.710. The first-order chi connectivity index (χ1) is 8.78. The van der Waals surface area contributed by atoms with Crippen LogP contribution in [0.4, 0.5) is 0 Å². The molecule has 0 aliphatic heterocycles. The molecule has 2 rings (SSSR count). The van der Waals surface area contributed by atoms with Crippen LogP contribution in [0.5, 0.6) is 5.75 Å². The Morgan fingerprint density at radius 3 is 2.11 bits per heavy atom. The van der Waals surface area contributed by atoms with Gasteiger partial charge in [0.15, 0.2) is 0 Å². The third kappa shape index (κ3) is 4.29. The molecule has 3 heteroatoms. The molecule has 0 saturated heterocycles. The molecule has 1 fully saturated rings. The van der Waals surface area contributed by atoms with Crippen molar-refractivity contribution in [3.63, 3.8) is 0 Å². The van der Waals surface area contributed by atoms with Crippen molar-refractivity contribution in [2.45, 2.75) is 25.7 Å². The van der Waals surface area contributed by atoms with Crippen LogP contribution >= 0.6 is 15.9 Å². The number of hydrogen-bond acceptors (Lipinski definition) is 2. The zero-order valence-corrected chi connectivity index (χ0v) is 12.5. The summed E-state index contributed by atoms with van der Waals surface area (Å²) < 4.78 is 12.2. The van der Waals surface area contributed by atoms with Crippen molar-refractivity contribution in [3.8, 4) is 5.75 Å². The van der Waals surface area contributed by atoms with Gasteiger partial charge in [-0.3, -0.25) is 0 Å². The fourth-order valence-corrected chi connectivity index (χ4v) is 2.81. The SMILES string of the molecule is COCC1CCC(COc2ccc(Br)cc2)CC1. The highest BCUT2D eigenvalue weighted by atomic mass is 79.9.